The van der Waals surface area contributed by atoms with Crippen molar-refractivity contribution >= 4 is 17.5 Å². The molecule has 2 aromatic carbocycles. The monoisotopic (exact) mass is 378 g/mol. The van der Waals surface area contributed by atoms with Gasteiger partial charge in [-0.3, -0.25) is 9.59 Å². The first kappa shape index (κ1) is 18.5. The van der Waals surface area contributed by atoms with Gasteiger partial charge in [-0.2, -0.15) is 0 Å². The molecule has 5 nitrogen and oxygen atoms in total. The lowest BCUT2D eigenvalue weighted by Crippen LogP contribution is -2.36. The minimum absolute atomic E-state index is 0.00478. The molecule has 0 spiro atoms. The third kappa shape index (κ3) is 4.71. The molecular formula is C23H26N2O3. The second-order valence-electron chi connectivity index (χ2n) is 7.73. The number of ether oxygens (including phenoxy) is 1. The summed E-state index contributed by atoms with van der Waals surface area (Å²) < 4.78 is 5.92. The Hall–Kier alpha value is -2.82. The maximum absolute atomic E-state index is 12.8. The predicted molar refractivity (Wildman–Crippen MR) is 108 cm³/mol. The Balaban J connectivity index is 1.33. The van der Waals surface area contributed by atoms with Crippen LogP contribution in [0.15, 0.2) is 54.6 Å². The van der Waals surface area contributed by atoms with E-state index in [0.29, 0.717) is 17.5 Å². The van der Waals surface area contributed by atoms with E-state index in [9.17, 15) is 9.59 Å². The lowest BCUT2D eigenvalue weighted by molar-refractivity contribution is -0.128. The van der Waals surface area contributed by atoms with Crippen LogP contribution in [0.1, 0.15) is 38.5 Å². The summed E-state index contributed by atoms with van der Waals surface area (Å²) in [6.07, 6.45) is 5.26. The van der Waals surface area contributed by atoms with Gasteiger partial charge >= 0.3 is 0 Å². The van der Waals surface area contributed by atoms with Gasteiger partial charge in [-0.25, -0.2) is 0 Å². The van der Waals surface area contributed by atoms with Gasteiger partial charge in [0.05, 0.1) is 5.69 Å². The van der Waals surface area contributed by atoms with Crippen LogP contribution in [0.2, 0.25) is 0 Å². The number of rotatable bonds is 6. The van der Waals surface area contributed by atoms with E-state index < -0.39 is 0 Å². The summed E-state index contributed by atoms with van der Waals surface area (Å²) in [5.41, 5.74) is 0.671. The number of amides is 2. The maximum Gasteiger partial charge on any atom is 0.227 e. The zero-order valence-corrected chi connectivity index (χ0v) is 15.9. The first-order valence-electron chi connectivity index (χ1n) is 10.1. The minimum atomic E-state index is -0.0604. The molecule has 2 aliphatic rings. The smallest absolute Gasteiger partial charge is 0.227 e. The van der Waals surface area contributed by atoms with Gasteiger partial charge in [-0.05, 0) is 62.8 Å². The number of nitrogens with one attached hydrogen (secondary N) is 2. The van der Waals surface area contributed by atoms with Crippen molar-refractivity contribution < 1.29 is 14.3 Å². The fourth-order valence-electron chi connectivity index (χ4n) is 3.67. The van der Waals surface area contributed by atoms with Crippen LogP contribution >= 0.6 is 0 Å². The van der Waals surface area contributed by atoms with Crippen LogP contribution in [-0.2, 0) is 9.59 Å². The van der Waals surface area contributed by atoms with Gasteiger partial charge in [0.25, 0.3) is 0 Å². The van der Waals surface area contributed by atoms with Crippen molar-refractivity contribution in [1.29, 1.82) is 0 Å². The van der Waals surface area contributed by atoms with E-state index >= 15 is 0 Å². The number of carbonyl (C=O) groups excluding carboxylic acids is 2. The van der Waals surface area contributed by atoms with Gasteiger partial charge in [-0.1, -0.05) is 30.3 Å². The Morgan fingerprint density at radius 3 is 2.04 bits per heavy atom. The third-order valence-corrected chi connectivity index (χ3v) is 5.51. The number of hydrogen-bond donors (Lipinski definition) is 2. The normalized spacial score (nSPS) is 21.6. The average molecular weight is 378 g/mol. The number of carbonyl (C=O) groups is 2. The van der Waals surface area contributed by atoms with Crippen molar-refractivity contribution in [1.82, 2.24) is 5.32 Å². The lowest BCUT2D eigenvalue weighted by Gasteiger charge is -2.27. The molecule has 2 fully saturated rings. The summed E-state index contributed by atoms with van der Waals surface area (Å²) in [6, 6.07) is 17.4. The van der Waals surface area contributed by atoms with Crippen molar-refractivity contribution in [2.24, 2.45) is 11.8 Å². The highest BCUT2D eigenvalue weighted by atomic mass is 16.5. The molecule has 2 saturated carbocycles. The van der Waals surface area contributed by atoms with Gasteiger partial charge in [0.15, 0.2) is 5.75 Å². The molecule has 2 amide bonds. The van der Waals surface area contributed by atoms with E-state index in [4.69, 9.17) is 4.74 Å². The van der Waals surface area contributed by atoms with Crippen molar-refractivity contribution in [2.75, 3.05) is 5.32 Å². The summed E-state index contributed by atoms with van der Waals surface area (Å²) in [4.78, 5) is 25.0. The minimum Gasteiger partial charge on any atom is -0.455 e. The Labute approximate surface area is 165 Å². The third-order valence-electron chi connectivity index (χ3n) is 5.51. The zero-order valence-electron chi connectivity index (χ0n) is 15.9. The molecule has 0 unspecified atom stereocenters. The van der Waals surface area contributed by atoms with Gasteiger partial charge in [0, 0.05) is 17.9 Å². The maximum atomic E-state index is 12.8. The Morgan fingerprint density at radius 2 is 1.36 bits per heavy atom. The van der Waals surface area contributed by atoms with E-state index in [-0.39, 0.29) is 23.7 Å². The molecule has 0 aromatic heterocycles. The van der Waals surface area contributed by atoms with Crippen LogP contribution in [0.3, 0.4) is 0 Å². The summed E-state index contributed by atoms with van der Waals surface area (Å²) in [5.74, 6) is 1.52. The van der Waals surface area contributed by atoms with Crippen molar-refractivity contribution in [2.45, 2.75) is 44.6 Å². The summed E-state index contributed by atoms with van der Waals surface area (Å²) in [7, 11) is 0. The number of anilines is 1. The number of benzene rings is 2. The molecule has 146 valence electrons. The first-order chi connectivity index (χ1) is 13.7. The SMILES string of the molecule is O=C(Nc1ccccc1Oc1ccccc1)C1CCC(C(=O)NC2CC2)CC1. The number of para-hydroxylation sites is 3. The molecule has 0 aliphatic heterocycles. The van der Waals surface area contributed by atoms with Gasteiger partial charge in [0.2, 0.25) is 11.8 Å². The molecule has 0 bridgehead atoms. The second kappa shape index (κ2) is 8.46. The van der Waals surface area contributed by atoms with E-state index in [0.717, 1.165) is 44.3 Å². The molecule has 2 aromatic rings. The van der Waals surface area contributed by atoms with Crippen molar-refractivity contribution in [3.63, 3.8) is 0 Å². The zero-order chi connectivity index (χ0) is 19.3. The summed E-state index contributed by atoms with van der Waals surface area (Å²) in [6.45, 7) is 0. The highest BCUT2D eigenvalue weighted by molar-refractivity contribution is 5.94. The van der Waals surface area contributed by atoms with Gasteiger partial charge in [0.1, 0.15) is 5.75 Å². The van der Waals surface area contributed by atoms with Crippen LogP contribution in [0.25, 0.3) is 0 Å². The van der Waals surface area contributed by atoms with Crippen molar-refractivity contribution in [3.8, 4) is 11.5 Å². The molecule has 0 heterocycles. The summed E-state index contributed by atoms with van der Waals surface area (Å²) in [5, 5.41) is 6.10. The molecule has 2 N–H and O–H groups in total. The van der Waals surface area contributed by atoms with Crippen LogP contribution in [0, 0.1) is 11.8 Å². The van der Waals surface area contributed by atoms with E-state index in [1.807, 2.05) is 54.6 Å². The highest BCUT2D eigenvalue weighted by Crippen LogP contribution is 2.33. The molecule has 2 aliphatic carbocycles. The van der Waals surface area contributed by atoms with Gasteiger partial charge in [-0.15, -0.1) is 0 Å². The van der Waals surface area contributed by atoms with Crippen LogP contribution in [-0.4, -0.2) is 17.9 Å². The molecule has 28 heavy (non-hydrogen) atoms. The molecule has 0 atom stereocenters. The lowest BCUT2D eigenvalue weighted by atomic mass is 9.81. The Morgan fingerprint density at radius 1 is 0.750 bits per heavy atom. The van der Waals surface area contributed by atoms with E-state index in [2.05, 4.69) is 10.6 Å². The first-order valence-corrected chi connectivity index (χ1v) is 10.1. The van der Waals surface area contributed by atoms with E-state index in [1.54, 1.807) is 0 Å². The van der Waals surface area contributed by atoms with E-state index in [1.165, 1.54) is 0 Å². The Bertz CT molecular complexity index is 825. The van der Waals surface area contributed by atoms with Crippen molar-refractivity contribution in [3.05, 3.63) is 54.6 Å². The second-order valence-corrected chi connectivity index (χ2v) is 7.73. The molecule has 5 heteroatoms. The van der Waals surface area contributed by atoms with Gasteiger partial charge < -0.3 is 15.4 Å². The predicted octanol–water partition coefficient (Wildman–Crippen LogP) is 4.50. The number of hydrogen-bond acceptors (Lipinski definition) is 3. The standard InChI is InChI=1S/C23H26N2O3/c26-22(24-18-14-15-18)16-10-12-17(13-11-16)23(27)25-20-8-4-5-9-21(20)28-19-6-2-1-3-7-19/h1-9,16-18H,10-15H2,(H,24,26)(H,25,27). The fourth-order valence-corrected chi connectivity index (χ4v) is 3.67. The van der Waals surface area contributed by atoms with Crippen LogP contribution in [0.4, 0.5) is 5.69 Å². The molecule has 4 rings (SSSR count). The topological polar surface area (TPSA) is 67.4 Å². The average Bonchev–Trinajstić information content (AvgIpc) is 3.54. The molecular weight excluding hydrogens is 352 g/mol. The molecule has 0 radical (unpaired) electrons. The summed E-state index contributed by atoms with van der Waals surface area (Å²) >= 11 is 0. The van der Waals surface area contributed by atoms with Crippen LogP contribution in [0.5, 0.6) is 11.5 Å². The fraction of sp³-hybridized carbons (Fsp3) is 0.391. The highest BCUT2D eigenvalue weighted by Gasteiger charge is 2.32. The molecule has 0 saturated heterocycles. The van der Waals surface area contributed by atoms with Crippen LogP contribution < -0.4 is 15.4 Å². The Kier molecular flexibility index (Phi) is 5.60. The largest absolute Gasteiger partial charge is 0.455 e. The quantitative estimate of drug-likeness (QED) is 0.778.